The number of carbonyl (C=O) groups is 5. The van der Waals surface area contributed by atoms with Gasteiger partial charge in [0.05, 0.1) is 25.1 Å². The van der Waals surface area contributed by atoms with Gasteiger partial charge in [0.2, 0.25) is 0 Å². The van der Waals surface area contributed by atoms with Gasteiger partial charge in [-0.1, -0.05) is 20.8 Å². The Morgan fingerprint density at radius 1 is 0.904 bits per heavy atom. The third-order valence-electron chi connectivity index (χ3n) is 13.9. The smallest absolute Gasteiger partial charge is 0.305 e. The number of carbonyl (C=O) groups excluding carboxylic acids is 5. The molecule has 286 valence electrons. The highest BCUT2D eigenvalue weighted by atomic mass is 16.8. The van der Waals surface area contributed by atoms with Crippen molar-refractivity contribution in [2.24, 2.45) is 28.1 Å². The number of furan rings is 1. The van der Waals surface area contributed by atoms with E-state index in [-0.39, 0.29) is 12.8 Å². The maximum Gasteiger partial charge on any atom is 0.305 e. The first-order chi connectivity index (χ1) is 24.0. The Kier molecular flexibility index (Phi) is 7.62. The van der Waals surface area contributed by atoms with Crippen molar-refractivity contribution >= 4 is 29.8 Å². The molecule has 16 heteroatoms. The van der Waals surface area contributed by atoms with E-state index in [9.17, 15) is 39.3 Å². The molecule has 0 aromatic carbocycles. The predicted molar refractivity (Wildman–Crippen MR) is 169 cm³/mol. The molecule has 6 fully saturated rings. The molecule has 4 bridgehead atoms. The van der Waals surface area contributed by atoms with Gasteiger partial charge in [-0.3, -0.25) is 24.0 Å². The highest BCUT2D eigenvalue weighted by molar-refractivity contribution is 5.72. The number of hydrogen-bond acceptors (Lipinski definition) is 16. The van der Waals surface area contributed by atoms with Crippen LogP contribution in [0.4, 0.5) is 0 Å². The lowest BCUT2D eigenvalue weighted by molar-refractivity contribution is -0.440. The molecule has 2 aliphatic heterocycles. The van der Waals surface area contributed by atoms with Crippen LogP contribution in [0.25, 0.3) is 0 Å². The van der Waals surface area contributed by atoms with E-state index in [4.69, 9.17) is 37.6 Å². The minimum Gasteiger partial charge on any atom is -0.472 e. The van der Waals surface area contributed by atoms with Gasteiger partial charge in [0.15, 0.2) is 23.6 Å². The molecule has 1 aromatic rings. The number of esters is 5. The van der Waals surface area contributed by atoms with Gasteiger partial charge in [0.25, 0.3) is 0 Å². The third kappa shape index (κ3) is 3.87. The van der Waals surface area contributed by atoms with Gasteiger partial charge < -0.3 is 52.9 Å². The first kappa shape index (κ1) is 36.8. The molecular formula is C36H46O16. The fraction of sp³-hybridized carbons (Fsp3) is 0.750. The molecule has 6 aliphatic rings. The van der Waals surface area contributed by atoms with Crippen molar-refractivity contribution in [3.8, 4) is 0 Å². The standard InChI is InChI=1S/C36H46O16/c1-16(37)47-24(20-10-11-46-14-20)31(7)22-13-30(6)51-28-34(43)27(50-19(4)40)29(5)15-33(34,42)32(8,21(29)12-23(41)45-9)36(44,35(22,28)52-30)26(49-18(3)39)25(31)48-17(2)38/h10-11,14,21-22,24-28,42-44H,12-13,15H2,1-9H3. The molecule has 4 aliphatic carbocycles. The SMILES string of the molecule is COC(=O)CC1C2(C)CC3(O)C(O)(C2OC(C)=O)C2OC4(C)CC5C(C)(C(OC(C)=O)c6ccoc6)C(OC(C)=O)C(OC(C)=O)C(O)(C52O4)C13C. The molecule has 0 amide bonds. The monoisotopic (exact) mass is 734 g/mol. The normalized spacial score (nSPS) is 49.5. The van der Waals surface area contributed by atoms with Crippen molar-refractivity contribution in [3.05, 3.63) is 24.2 Å². The molecular weight excluding hydrogens is 688 g/mol. The summed E-state index contributed by atoms with van der Waals surface area (Å²) >= 11 is 0. The molecule has 3 N–H and O–H groups in total. The second kappa shape index (κ2) is 10.8. The summed E-state index contributed by atoms with van der Waals surface area (Å²) in [5.41, 5.74) is -14.7. The van der Waals surface area contributed by atoms with E-state index >= 15 is 0 Å². The third-order valence-corrected chi connectivity index (χ3v) is 13.9. The first-order valence-corrected chi connectivity index (χ1v) is 17.3. The molecule has 4 saturated carbocycles. The Morgan fingerprint density at radius 3 is 2.06 bits per heavy atom. The van der Waals surface area contributed by atoms with Crippen molar-refractivity contribution in [1.82, 2.24) is 0 Å². The fourth-order valence-corrected chi connectivity index (χ4v) is 12.5. The Hall–Kier alpha value is -3.57. The molecule has 0 radical (unpaired) electrons. The summed E-state index contributed by atoms with van der Waals surface area (Å²) in [6, 6.07) is 1.54. The number of hydrogen-bond donors (Lipinski definition) is 3. The minimum atomic E-state index is -2.66. The molecule has 15 atom stereocenters. The van der Waals surface area contributed by atoms with E-state index < -0.39 is 123 Å². The average molecular weight is 735 g/mol. The van der Waals surface area contributed by atoms with E-state index in [2.05, 4.69) is 0 Å². The van der Waals surface area contributed by atoms with E-state index in [0.717, 1.165) is 20.8 Å². The number of rotatable bonds is 8. The summed E-state index contributed by atoms with van der Waals surface area (Å²) in [6.45, 7) is 10.8. The molecule has 1 spiro atoms. The highest BCUT2D eigenvalue weighted by Gasteiger charge is 3.02. The molecule has 2 saturated heterocycles. The van der Waals surface area contributed by atoms with Crippen LogP contribution in [0, 0.1) is 28.1 Å². The van der Waals surface area contributed by atoms with Crippen LogP contribution in [-0.2, 0) is 57.1 Å². The van der Waals surface area contributed by atoms with Crippen LogP contribution in [0.5, 0.6) is 0 Å². The van der Waals surface area contributed by atoms with Crippen molar-refractivity contribution in [1.29, 1.82) is 0 Å². The second-order valence-electron chi connectivity index (χ2n) is 16.4. The summed E-state index contributed by atoms with van der Waals surface area (Å²) in [5, 5.41) is 40.8. The van der Waals surface area contributed by atoms with Crippen LogP contribution in [0.3, 0.4) is 0 Å². The molecule has 15 unspecified atom stereocenters. The largest absolute Gasteiger partial charge is 0.472 e. The van der Waals surface area contributed by atoms with Gasteiger partial charge in [-0.25, -0.2) is 0 Å². The van der Waals surface area contributed by atoms with Crippen LogP contribution in [0.2, 0.25) is 0 Å². The van der Waals surface area contributed by atoms with Crippen LogP contribution >= 0.6 is 0 Å². The lowest BCUT2D eigenvalue weighted by Crippen LogP contribution is -2.96. The van der Waals surface area contributed by atoms with Crippen molar-refractivity contribution in [2.45, 2.75) is 133 Å². The van der Waals surface area contributed by atoms with Gasteiger partial charge in [-0.15, -0.1) is 0 Å². The lowest BCUT2D eigenvalue weighted by atomic mass is 9.32. The van der Waals surface area contributed by atoms with Crippen molar-refractivity contribution < 1.29 is 76.9 Å². The zero-order chi connectivity index (χ0) is 38.4. The van der Waals surface area contributed by atoms with Crippen molar-refractivity contribution in [3.63, 3.8) is 0 Å². The van der Waals surface area contributed by atoms with E-state index in [1.54, 1.807) is 26.8 Å². The number of aliphatic hydroxyl groups is 3. The lowest BCUT2D eigenvalue weighted by Gasteiger charge is -2.77. The van der Waals surface area contributed by atoms with E-state index in [0.29, 0.717) is 5.56 Å². The molecule has 52 heavy (non-hydrogen) atoms. The maximum atomic E-state index is 14.1. The average Bonchev–Trinajstić information content (AvgIpc) is 3.82. The van der Waals surface area contributed by atoms with Crippen molar-refractivity contribution in [2.75, 3.05) is 7.11 Å². The number of fused-ring (bicyclic) bond motifs is 4. The van der Waals surface area contributed by atoms with Gasteiger partial charge >= 0.3 is 29.8 Å². The number of methoxy groups -OCH3 is 1. The van der Waals surface area contributed by atoms with Gasteiger partial charge in [-0.05, 0) is 25.3 Å². The minimum absolute atomic E-state index is 0.0652. The molecule has 7 rings (SSSR count). The highest BCUT2D eigenvalue weighted by Crippen LogP contribution is 2.86. The zero-order valence-corrected chi connectivity index (χ0v) is 30.5. The maximum absolute atomic E-state index is 14.1. The topological polar surface area (TPSA) is 224 Å². The zero-order valence-electron chi connectivity index (χ0n) is 30.5. The predicted octanol–water partition coefficient (Wildman–Crippen LogP) is 1.41. The van der Waals surface area contributed by atoms with Crippen LogP contribution in [0.1, 0.15) is 86.3 Å². The van der Waals surface area contributed by atoms with Crippen LogP contribution in [0.15, 0.2) is 23.0 Å². The van der Waals surface area contributed by atoms with E-state index in [1.165, 1.54) is 33.5 Å². The summed E-state index contributed by atoms with van der Waals surface area (Å²) in [7, 11) is 1.17. The Morgan fingerprint density at radius 2 is 1.52 bits per heavy atom. The Bertz CT molecular complexity index is 1740. The fourth-order valence-electron chi connectivity index (χ4n) is 12.5. The first-order valence-electron chi connectivity index (χ1n) is 17.3. The van der Waals surface area contributed by atoms with Gasteiger partial charge in [-0.2, -0.15) is 0 Å². The van der Waals surface area contributed by atoms with Gasteiger partial charge in [0.1, 0.15) is 35.1 Å². The Balaban J connectivity index is 1.62. The summed E-state index contributed by atoms with van der Waals surface area (Å²) in [4.78, 5) is 65.4. The van der Waals surface area contributed by atoms with E-state index in [1.807, 2.05) is 0 Å². The summed E-state index contributed by atoms with van der Waals surface area (Å²) in [6.07, 6.45) is -6.29. The summed E-state index contributed by atoms with van der Waals surface area (Å²) in [5.74, 6) is -7.97. The second-order valence-corrected chi connectivity index (χ2v) is 16.4. The number of ether oxygens (including phenoxy) is 7. The molecule has 1 aromatic heterocycles. The van der Waals surface area contributed by atoms with Gasteiger partial charge in [0, 0.05) is 62.8 Å². The van der Waals surface area contributed by atoms with Crippen LogP contribution in [-0.4, -0.2) is 105 Å². The van der Waals surface area contributed by atoms with Crippen LogP contribution < -0.4 is 0 Å². The molecule has 3 heterocycles. The quantitative estimate of drug-likeness (QED) is 0.254. The summed E-state index contributed by atoms with van der Waals surface area (Å²) < 4.78 is 48.1. The molecule has 16 nitrogen and oxygen atoms in total. The Labute approximate surface area is 299 Å².